The molecule has 1 heterocycles. The average Bonchev–Trinajstić information content (AvgIpc) is 2.47. The van der Waals surface area contributed by atoms with Gasteiger partial charge in [-0.05, 0) is 45.1 Å². The van der Waals surface area contributed by atoms with Crippen LogP contribution in [0.1, 0.15) is 39.2 Å². The predicted molar refractivity (Wildman–Crippen MR) is 89.4 cm³/mol. The Kier molecular flexibility index (Phi) is 5.58. The van der Waals surface area contributed by atoms with Crippen LogP contribution < -0.4 is 0 Å². The van der Waals surface area contributed by atoms with E-state index in [4.69, 9.17) is 4.74 Å². The molecule has 1 aromatic rings. The molecule has 0 aromatic heterocycles. The molecule has 1 aliphatic rings. The second kappa shape index (κ2) is 7.43. The summed E-state index contributed by atoms with van der Waals surface area (Å²) < 4.78 is 5.45. The summed E-state index contributed by atoms with van der Waals surface area (Å²) in [4.78, 5) is 18.5. The molecule has 1 amide bonds. The third kappa shape index (κ3) is 5.51. The van der Waals surface area contributed by atoms with Crippen LogP contribution in [0.15, 0.2) is 35.3 Å². The van der Waals surface area contributed by atoms with Crippen molar-refractivity contribution in [3.8, 4) is 0 Å². The second-order valence-corrected chi connectivity index (χ2v) is 6.84. The molecule has 22 heavy (non-hydrogen) atoms. The van der Waals surface area contributed by atoms with Gasteiger partial charge in [0, 0.05) is 25.8 Å². The highest BCUT2D eigenvalue weighted by Crippen LogP contribution is 2.19. The van der Waals surface area contributed by atoms with Gasteiger partial charge >= 0.3 is 6.09 Å². The van der Waals surface area contributed by atoms with Gasteiger partial charge in [0.25, 0.3) is 0 Å². The summed E-state index contributed by atoms with van der Waals surface area (Å²) in [5, 5.41) is 0. The number of ether oxygens (including phenoxy) is 1. The standard InChI is InChI=1S/C18H26N2O2/c1-18(2,3)22-17(21)20-11-7-10-16(14-20)13-19-12-15-8-5-4-6-9-15/h4-6,8-9,12,16H,7,10-11,13-14H2,1-3H3/t16-/m0/s1. The quantitative estimate of drug-likeness (QED) is 0.798. The van der Waals surface area contributed by atoms with Crippen LogP contribution in [0.2, 0.25) is 0 Å². The first-order chi connectivity index (χ1) is 10.4. The Labute approximate surface area is 133 Å². The Morgan fingerprint density at radius 1 is 1.36 bits per heavy atom. The average molecular weight is 302 g/mol. The summed E-state index contributed by atoms with van der Waals surface area (Å²) in [5.74, 6) is 0.418. The van der Waals surface area contributed by atoms with Gasteiger partial charge in [0.05, 0.1) is 0 Å². The van der Waals surface area contributed by atoms with Crippen molar-refractivity contribution in [3.63, 3.8) is 0 Å². The first-order valence-electron chi connectivity index (χ1n) is 7.97. The van der Waals surface area contributed by atoms with Crippen molar-refractivity contribution >= 4 is 12.3 Å². The van der Waals surface area contributed by atoms with Crippen molar-refractivity contribution in [3.05, 3.63) is 35.9 Å². The minimum Gasteiger partial charge on any atom is -0.444 e. The van der Waals surface area contributed by atoms with Gasteiger partial charge in [-0.15, -0.1) is 0 Å². The minimum absolute atomic E-state index is 0.204. The van der Waals surface area contributed by atoms with Crippen LogP contribution in [-0.2, 0) is 4.74 Å². The first kappa shape index (κ1) is 16.5. The highest BCUT2D eigenvalue weighted by atomic mass is 16.6. The molecule has 1 aromatic carbocycles. The SMILES string of the molecule is CC(C)(C)OC(=O)N1CCC[C@@H](CN=Cc2ccccc2)C1. The lowest BCUT2D eigenvalue weighted by Crippen LogP contribution is -2.43. The molecule has 1 saturated heterocycles. The highest BCUT2D eigenvalue weighted by molar-refractivity contribution is 5.79. The Hall–Kier alpha value is -1.84. The zero-order chi connectivity index (χ0) is 16.0. The van der Waals surface area contributed by atoms with Gasteiger partial charge in [0.1, 0.15) is 5.60 Å². The van der Waals surface area contributed by atoms with E-state index in [9.17, 15) is 4.79 Å². The van der Waals surface area contributed by atoms with E-state index >= 15 is 0 Å². The molecule has 0 aliphatic carbocycles. The van der Waals surface area contributed by atoms with E-state index in [1.54, 1.807) is 0 Å². The van der Waals surface area contributed by atoms with E-state index in [1.807, 2.05) is 62.2 Å². The number of nitrogens with zero attached hydrogens (tertiary/aromatic N) is 2. The maximum absolute atomic E-state index is 12.1. The van der Waals surface area contributed by atoms with Crippen molar-refractivity contribution in [2.24, 2.45) is 10.9 Å². The fourth-order valence-corrected chi connectivity index (χ4v) is 2.55. The normalized spacial score (nSPS) is 19.4. The smallest absolute Gasteiger partial charge is 0.410 e. The van der Waals surface area contributed by atoms with Crippen molar-refractivity contribution in [1.29, 1.82) is 0 Å². The van der Waals surface area contributed by atoms with Crippen molar-refractivity contribution in [1.82, 2.24) is 4.90 Å². The van der Waals surface area contributed by atoms with E-state index in [1.165, 1.54) is 0 Å². The maximum atomic E-state index is 12.1. The van der Waals surface area contributed by atoms with Crippen molar-refractivity contribution in [2.45, 2.75) is 39.2 Å². The lowest BCUT2D eigenvalue weighted by molar-refractivity contribution is 0.0171. The molecular formula is C18H26N2O2. The van der Waals surface area contributed by atoms with Crippen LogP contribution in [0.4, 0.5) is 4.79 Å². The van der Waals surface area contributed by atoms with Crippen LogP contribution in [0.25, 0.3) is 0 Å². The van der Waals surface area contributed by atoms with E-state index in [0.29, 0.717) is 5.92 Å². The van der Waals surface area contributed by atoms with Gasteiger partial charge in [-0.2, -0.15) is 0 Å². The molecule has 0 radical (unpaired) electrons. The Bertz CT molecular complexity index is 506. The van der Waals surface area contributed by atoms with E-state index < -0.39 is 5.60 Å². The molecule has 0 spiro atoms. The molecule has 120 valence electrons. The lowest BCUT2D eigenvalue weighted by Gasteiger charge is -2.33. The number of carbonyl (C=O) groups excluding carboxylic acids is 1. The van der Waals surface area contributed by atoms with Crippen LogP contribution in [0, 0.1) is 5.92 Å². The number of hydrogen-bond donors (Lipinski definition) is 0. The lowest BCUT2D eigenvalue weighted by atomic mass is 9.98. The van der Waals surface area contributed by atoms with Crippen molar-refractivity contribution in [2.75, 3.05) is 19.6 Å². The summed E-state index contributed by atoms with van der Waals surface area (Å²) in [6, 6.07) is 10.1. The molecule has 0 N–H and O–H groups in total. The molecule has 0 saturated carbocycles. The molecule has 0 unspecified atom stereocenters. The molecule has 1 fully saturated rings. The molecule has 1 atom stereocenters. The Morgan fingerprint density at radius 3 is 2.77 bits per heavy atom. The summed E-state index contributed by atoms with van der Waals surface area (Å²) in [5.41, 5.74) is 0.678. The van der Waals surface area contributed by atoms with E-state index in [2.05, 4.69) is 4.99 Å². The topological polar surface area (TPSA) is 41.9 Å². The van der Waals surface area contributed by atoms with Gasteiger partial charge in [0.2, 0.25) is 0 Å². The molecule has 0 bridgehead atoms. The van der Waals surface area contributed by atoms with Gasteiger partial charge in [-0.3, -0.25) is 4.99 Å². The number of piperidine rings is 1. The number of benzene rings is 1. The van der Waals surface area contributed by atoms with Crippen LogP contribution in [0.5, 0.6) is 0 Å². The number of hydrogen-bond acceptors (Lipinski definition) is 3. The number of carbonyl (C=O) groups is 1. The fourth-order valence-electron chi connectivity index (χ4n) is 2.55. The van der Waals surface area contributed by atoms with Gasteiger partial charge < -0.3 is 9.64 Å². The van der Waals surface area contributed by atoms with Crippen LogP contribution >= 0.6 is 0 Å². The van der Waals surface area contributed by atoms with Gasteiger partial charge in [0.15, 0.2) is 0 Å². The summed E-state index contributed by atoms with van der Waals surface area (Å²) in [6.45, 7) is 7.98. The first-order valence-corrected chi connectivity index (χ1v) is 7.97. The second-order valence-electron chi connectivity index (χ2n) is 6.84. The Balaban J connectivity index is 1.83. The maximum Gasteiger partial charge on any atom is 0.410 e. The third-order valence-corrected chi connectivity index (χ3v) is 3.57. The number of rotatable bonds is 3. The summed E-state index contributed by atoms with van der Waals surface area (Å²) in [7, 11) is 0. The van der Waals surface area contributed by atoms with Crippen molar-refractivity contribution < 1.29 is 9.53 Å². The van der Waals surface area contributed by atoms with Gasteiger partial charge in [-0.25, -0.2) is 4.79 Å². The molecule has 2 rings (SSSR count). The third-order valence-electron chi connectivity index (χ3n) is 3.57. The number of aliphatic imine (C=N–C) groups is 1. The summed E-state index contributed by atoms with van der Waals surface area (Å²) >= 11 is 0. The van der Waals surface area contributed by atoms with E-state index in [0.717, 1.165) is 38.0 Å². The molecule has 4 heteroatoms. The van der Waals surface area contributed by atoms with Crippen LogP contribution in [-0.4, -0.2) is 42.4 Å². The highest BCUT2D eigenvalue weighted by Gasteiger charge is 2.27. The summed E-state index contributed by atoms with van der Waals surface area (Å²) in [6.07, 6.45) is 3.84. The predicted octanol–water partition coefficient (Wildman–Crippen LogP) is 3.75. The number of likely N-dealkylation sites (tertiary alicyclic amines) is 1. The number of amides is 1. The Morgan fingerprint density at radius 2 is 2.09 bits per heavy atom. The fraction of sp³-hybridized carbons (Fsp3) is 0.556. The molecular weight excluding hydrogens is 276 g/mol. The van der Waals surface area contributed by atoms with Gasteiger partial charge in [-0.1, -0.05) is 30.3 Å². The zero-order valence-electron chi connectivity index (χ0n) is 13.8. The minimum atomic E-state index is -0.435. The zero-order valence-corrected chi connectivity index (χ0v) is 13.8. The monoisotopic (exact) mass is 302 g/mol. The molecule has 4 nitrogen and oxygen atoms in total. The largest absolute Gasteiger partial charge is 0.444 e. The van der Waals surface area contributed by atoms with E-state index in [-0.39, 0.29) is 6.09 Å². The molecule has 1 aliphatic heterocycles. The van der Waals surface area contributed by atoms with Crippen LogP contribution in [0.3, 0.4) is 0 Å².